The van der Waals surface area contributed by atoms with Gasteiger partial charge in [-0.15, -0.1) is 0 Å². The van der Waals surface area contributed by atoms with E-state index in [-0.39, 0.29) is 6.10 Å². The molecule has 0 fully saturated rings. The van der Waals surface area contributed by atoms with Crippen LogP contribution >= 0.6 is 0 Å². The molecule has 1 aliphatic carbocycles. The van der Waals surface area contributed by atoms with Crippen LogP contribution in [0.15, 0.2) is 11.6 Å². The van der Waals surface area contributed by atoms with E-state index in [0.29, 0.717) is 5.04 Å². The van der Waals surface area contributed by atoms with Crippen molar-refractivity contribution in [3.63, 3.8) is 0 Å². The van der Waals surface area contributed by atoms with Crippen molar-refractivity contribution in [1.29, 1.82) is 0 Å². The van der Waals surface area contributed by atoms with Crippen LogP contribution in [-0.2, 0) is 13.9 Å². The molecule has 0 aromatic rings. The summed E-state index contributed by atoms with van der Waals surface area (Å²) in [5.74, 6) is -0.492. The first-order valence-corrected chi connectivity index (χ1v) is 11.9. The van der Waals surface area contributed by atoms with Crippen LogP contribution in [0.25, 0.3) is 0 Å². The van der Waals surface area contributed by atoms with Crippen molar-refractivity contribution in [2.75, 3.05) is 13.7 Å². The Morgan fingerprint density at radius 2 is 1.78 bits per heavy atom. The van der Waals surface area contributed by atoms with Gasteiger partial charge in [0.1, 0.15) is 0 Å². The second-order valence-electron chi connectivity index (χ2n) is 8.69. The molecule has 1 atom stereocenters. The maximum atomic E-state index is 6.24. The molecule has 0 saturated carbocycles. The highest BCUT2D eigenvalue weighted by Gasteiger charge is 2.36. The van der Waals surface area contributed by atoms with E-state index >= 15 is 0 Å². The third-order valence-corrected chi connectivity index (χ3v) is 9.80. The van der Waals surface area contributed by atoms with Gasteiger partial charge >= 0.3 is 0 Å². The van der Waals surface area contributed by atoms with E-state index in [1.165, 1.54) is 18.4 Å². The van der Waals surface area contributed by atoms with E-state index in [0.717, 1.165) is 25.9 Å². The molecular formula is C19H38O3Si. The third-order valence-electron chi connectivity index (χ3n) is 5.26. The van der Waals surface area contributed by atoms with Gasteiger partial charge in [0.05, 0.1) is 6.10 Å². The number of ether oxygens (including phenoxy) is 2. The van der Waals surface area contributed by atoms with Crippen molar-refractivity contribution in [3.8, 4) is 0 Å². The number of hydrogen-bond acceptors (Lipinski definition) is 3. The third kappa shape index (κ3) is 7.08. The number of methoxy groups -OCH3 is 1. The predicted molar refractivity (Wildman–Crippen MR) is 100 cm³/mol. The minimum Gasteiger partial charge on any atom is -0.417 e. The molecule has 3 nitrogen and oxygen atoms in total. The van der Waals surface area contributed by atoms with Gasteiger partial charge in [-0.05, 0) is 64.1 Å². The van der Waals surface area contributed by atoms with Crippen LogP contribution in [0.1, 0.15) is 66.7 Å². The molecule has 1 unspecified atom stereocenters. The van der Waals surface area contributed by atoms with Gasteiger partial charge in [-0.3, -0.25) is 0 Å². The molecule has 23 heavy (non-hydrogen) atoms. The van der Waals surface area contributed by atoms with Gasteiger partial charge in [0.2, 0.25) is 0 Å². The summed E-state index contributed by atoms with van der Waals surface area (Å²) in [4.78, 5) is 0. The van der Waals surface area contributed by atoms with Crippen LogP contribution in [0.3, 0.4) is 0 Å². The monoisotopic (exact) mass is 342 g/mol. The Kier molecular flexibility index (Phi) is 7.52. The first kappa shape index (κ1) is 20.9. The summed E-state index contributed by atoms with van der Waals surface area (Å²) in [6.45, 7) is 16.4. The lowest BCUT2D eigenvalue weighted by atomic mass is 10.1. The van der Waals surface area contributed by atoms with Crippen molar-refractivity contribution < 1.29 is 13.9 Å². The van der Waals surface area contributed by atoms with Crippen molar-refractivity contribution in [3.05, 3.63) is 11.6 Å². The summed E-state index contributed by atoms with van der Waals surface area (Å²) < 4.78 is 17.6. The van der Waals surface area contributed by atoms with Gasteiger partial charge in [-0.25, -0.2) is 0 Å². The topological polar surface area (TPSA) is 27.7 Å². The average molecular weight is 343 g/mol. The summed E-state index contributed by atoms with van der Waals surface area (Å²) >= 11 is 0. The van der Waals surface area contributed by atoms with Crippen molar-refractivity contribution in [2.24, 2.45) is 0 Å². The second-order valence-corrected chi connectivity index (χ2v) is 13.5. The van der Waals surface area contributed by atoms with Gasteiger partial charge in [0, 0.05) is 13.7 Å². The Morgan fingerprint density at radius 1 is 1.13 bits per heavy atom. The summed E-state index contributed by atoms with van der Waals surface area (Å²) in [6, 6.07) is 0. The zero-order chi connectivity index (χ0) is 17.7. The maximum Gasteiger partial charge on any atom is 0.191 e. The highest BCUT2D eigenvalue weighted by molar-refractivity contribution is 6.74. The molecule has 4 heteroatoms. The first-order valence-electron chi connectivity index (χ1n) is 9.03. The van der Waals surface area contributed by atoms with Crippen LogP contribution in [0, 0.1) is 0 Å². The minimum atomic E-state index is -1.58. The molecule has 1 aliphatic rings. The molecule has 0 radical (unpaired) electrons. The largest absolute Gasteiger partial charge is 0.417 e. The Hall–Kier alpha value is -0.163. The second kappa shape index (κ2) is 8.28. The number of rotatable bonds is 9. The Labute approximate surface area is 144 Å². The molecule has 0 spiro atoms. The lowest BCUT2D eigenvalue weighted by Crippen LogP contribution is -2.40. The fraction of sp³-hybridized carbons (Fsp3) is 0.895. The van der Waals surface area contributed by atoms with Crippen LogP contribution in [-0.4, -0.2) is 33.9 Å². The van der Waals surface area contributed by atoms with Crippen molar-refractivity contribution >= 4 is 8.32 Å². The van der Waals surface area contributed by atoms with E-state index in [4.69, 9.17) is 13.9 Å². The summed E-state index contributed by atoms with van der Waals surface area (Å²) in [5.41, 5.74) is 1.54. The van der Waals surface area contributed by atoms with Crippen LogP contribution in [0.2, 0.25) is 18.1 Å². The van der Waals surface area contributed by atoms with Gasteiger partial charge in [-0.2, -0.15) is 0 Å². The van der Waals surface area contributed by atoms with Crippen LogP contribution in [0.4, 0.5) is 0 Å². The molecule has 0 amide bonds. The van der Waals surface area contributed by atoms with Crippen molar-refractivity contribution in [1.82, 2.24) is 0 Å². The molecule has 1 rings (SSSR count). The molecule has 0 aromatic carbocycles. The standard InChI is InChI=1S/C19H38O3Si/c1-18(2,3)23(7,8)21-14-10-9-11-16-12-13-17(15-16)22-19(4,5)20-6/h15,17H,9-14H2,1-8H3. The maximum absolute atomic E-state index is 6.24. The normalized spacial score (nSPS) is 20.0. The first-order chi connectivity index (χ1) is 10.5. The smallest absolute Gasteiger partial charge is 0.191 e. The van der Waals surface area contributed by atoms with Crippen LogP contribution < -0.4 is 0 Å². The Morgan fingerprint density at radius 3 is 2.35 bits per heavy atom. The average Bonchev–Trinajstić information content (AvgIpc) is 2.83. The van der Waals surface area contributed by atoms with E-state index in [9.17, 15) is 0 Å². The molecule has 0 saturated heterocycles. The summed E-state index contributed by atoms with van der Waals surface area (Å²) in [7, 11) is 0.120. The molecule has 136 valence electrons. The van der Waals surface area contributed by atoms with E-state index in [1.807, 2.05) is 13.8 Å². The molecule has 0 aromatic heterocycles. The number of hydrogen-bond donors (Lipinski definition) is 0. The zero-order valence-corrected chi connectivity index (χ0v) is 17.6. The minimum absolute atomic E-state index is 0.212. The van der Waals surface area contributed by atoms with Crippen LogP contribution in [0.5, 0.6) is 0 Å². The molecule has 0 heterocycles. The highest BCUT2D eigenvalue weighted by atomic mass is 28.4. The Balaban J connectivity index is 2.25. The quantitative estimate of drug-likeness (QED) is 0.234. The molecule has 0 bridgehead atoms. The molecule has 0 N–H and O–H groups in total. The highest BCUT2D eigenvalue weighted by Crippen LogP contribution is 2.36. The summed E-state index contributed by atoms with van der Waals surface area (Å²) in [6.07, 6.45) is 8.29. The van der Waals surface area contributed by atoms with E-state index in [1.54, 1.807) is 7.11 Å². The van der Waals surface area contributed by atoms with E-state index in [2.05, 4.69) is 39.9 Å². The fourth-order valence-corrected chi connectivity index (χ4v) is 3.56. The molecule has 0 aliphatic heterocycles. The van der Waals surface area contributed by atoms with Gasteiger partial charge in [0.25, 0.3) is 0 Å². The Bertz CT molecular complexity index is 394. The van der Waals surface area contributed by atoms with Gasteiger partial charge in [0.15, 0.2) is 14.1 Å². The zero-order valence-electron chi connectivity index (χ0n) is 16.6. The predicted octanol–water partition coefficient (Wildman–Crippen LogP) is 5.67. The lowest BCUT2D eigenvalue weighted by Gasteiger charge is -2.36. The SMILES string of the molecule is COC(C)(C)OC1C=C(CCCCO[Si](C)(C)C(C)(C)C)CC1. The number of unbranched alkanes of at least 4 members (excludes halogenated alkanes) is 1. The van der Waals surface area contributed by atoms with Crippen molar-refractivity contribution in [2.45, 2.75) is 96.7 Å². The lowest BCUT2D eigenvalue weighted by molar-refractivity contribution is -0.213. The van der Waals surface area contributed by atoms with Gasteiger partial charge in [-0.1, -0.05) is 32.4 Å². The molecular weight excluding hydrogens is 304 g/mol. The summed E-state index contributed by atoms with van der Waals surface area (Å²) in [5, 5.41) is 0.305. The number of allylic oxidation sites excluding steroid dienone is 1. The fourth-order valence-electron chi connectivity index (χ4n) is 2.47. The van der Waals surface area contributed by atoms with E-state index < -0.39 is 14.1 Å². The van der Waals surface area contributed by atoms with Gasteiger partial charge < -0.3 is 13.9 Å².